The fourth-order valence-corrected chi connectivity index (χ4v) is 5.42. The Labute approximate surface area is 225 Å². The summed E-state index contributed by atoms with van der Waals surface area (Å²) in [7, 11) is 0. The highest BCUT2D eigenvalue weighted by molar-refractivity contribution is 5.99. The van der Waals surface area contributed by atoms with Gasteiger partial charge in [0.15, 0.2) is 5.78 Å². The number of unbranched alkanes of at least 4 members (excludes halogenated alkanes) is 1. The number of hydrogen-bond donors (Lipinski definition) is 1. The van der Waals surface area contributed by atoms with Crippen LogP contribution in [-0.2, 0) is 28.9 Å². The van der Waals surface area contributed by atoms with Crippen LogP contribution in [0.3, 0.4) is 0 Å². The van der Waals surface area contributed by atoms with E-state index in [1.807, 2.05) is 6.92 Å². The van der Waals surface area contributed by atoms with Crippen LogP contribution in [0.1, 0.15) is 107 Å². The molecule has 8 nitrogen and oxygen atoms in total. The molecule has 1 aromatic carbocycles. The highest BCUT2D eigenvalue weighted by Crippen LogP contribution is 2.27. The molecule has 2 heterocycles. The van der Waals surface area contributed by atoms with Gasteiger partial charge in [-0.2, -0.15) is 5.10 Å². The summed E-state index contributed by atoms with van der Waals surface area (Å²) in [5.41, 5.74) is 3.76. The van der Waals surface area contributed by atoms with E-state index in [0.717, 1.165) is 69.0 Å². The summed E-state index contributed by atoms with van der Waals surface area (Å²) in [6.45, 7) is 4.87. The average Bonchev–Trinajstić information content (AvgIpc) is 3.29. The molecule has 1 amide bonds. The molecule has 8 heteroatoms. The van der Waals surface area contributed by atoms with Gasteiger partial charge in [0.05, 0.1) is 17.9 Å². The number of nitrogens with zero attached hydrogens (tertiary/aromatic N) is 2. The maximum absolute atomic E-state index is 12.9. The Morgan fingerprint density at radius 1 is 1.03 bits per heavy atom. The van der Waals surface area contributed by atoms with Crippen molar-refractivity contribution in [3.8, 4) is 0 Å². The molecule has 0 bridgehead atoms. The minimum atomic E-state index is -0.373. The predicted molar refractivity (Wildman–Crippen MR) is 145 cm³/mol. The maximum Gasteiger partial charge on any atom is 0.338 e. The molecule has 0 spiro atoms. The third kappa shape index (κ3) is 7.31. The number of hydrogen-bond acceptors (Lipinski definition) is 6. The lowest BCUT2D eigenvalue weighted by Crippen LogP contribution is -2.28. The Bertz CT molecular complexity index is 1090. The Balaban J connectivity index is 1.27. The molecule has 0 saturated heterocycles. The SMILES string of the molecule is CCn1nc(CCCCOC(=O)c2ccc(C(=O)C3CCCCC3)cc2)c2c1C(=O)NCCCOCCC2. The summed E-state index contributed by atoms with van der Waals surface area (Å²) in [5.74, 6) is -0.133. The first-order chi connectivity index (χ1) is 18.6. The number of Topliss-reactive ketones (excluding diaryl/α,β-unsaturated/α-hetero) is 1. The summed E-state index contributed by atoms with van der Waals surface area (Å²) < 4.78 is 13.0. The number of carbonyl (C=O) groups excluding carboxylic acids is 3. The van der Waals surface area contributed by atoms with E-state index in [4.69, 9.17) is 14.6 Å². The summed E-state index contributed by atoms with van der Waals surface area (Å²) in [6.07, 6.45) is 10.0. The standard InChI is InChI=1S/C30H41N3O5/c1-2-33-27-25(12-8-19-37-20-9-18-31-29(27)35)26(32-33)13-6-7-21-38-30(36)24-16-14-23(15-17-24)28(34)22-10-4-3-5-11-22/h14-17,22H,2-13,18-21H2,1H3,(H,31,35). The second-order valence-electron chi connectivity index (χ2n) is 10.3. The van der Waals surface area contributed by atoms with Crippen LogP contribution in [0.2, 0.25) is 0 Å². The van der Waals surface area contributed by atoms with Crippen molar-refractivity contribution in [2.45, 2.75) is 84.1 Å². The topological polar surface area (TPSA) is 99.5 Å². The largest absolute Gasteiger partial charge is 0.462 e. The van der Waals surface area contributed by atoms with Crippen molar-refractivity contribution in [2.75, 3.05) is 26.4 Å². The lowest BCUT2D eigenvalue weighted by atomic mass is 9.84. The summed E-state index contributed by atoms with van der Waals surface area (Å²) in [6, 6.07) is 6.88. The first kappa shape index (κ1) is 28.0. The van der Waals surface area contributed by atoms with Crippen molar-refractivity contribution in [1.29, 1.82) is 0 Å². The van der Waals surface area contributed by atoms with E-state index in [0.29, 0.717) is 56.2 Å². The molecule has 38 heavy (non-hydrogen) atoms. The van der Waals surface area contributed by atoms with Crippen LogP contribution in [0.15, 0.2) is 24.3 Å². The summed E-state index contributed by atoms with van der Waals surface area (Å²) in [4.78, 5) is 38.1. The molecule has 1 fully saturated rings. The van der Waals surface area contributed by atoms with E-state index in [2.05, 4.69) is 5.32 Å². The van der Waals surface area contributed by atoms with Crippen molar-refractivity contribution in [2.24, 2.45) is 5.92 Å². The van der Waals surface area contributed by atoms with Gasteiger partial charge in [-0.3, -0.25) is 14.3 Å². The molecule has 2 aliphatic rings. The van der Waals surface area contributed by atoms with Gasteiger partial charge in [0.25, 0.3) is 5.91 Å². The molecule has 1 N–H and O–H groups in total. The zero-order valence-corrected chi connectivity index (χ0v) is 22.6. The van der Waals surface area contributed by atoms with Gasteiger partial charge < -0.3 is 14.8 Å². The number of nitrogens with one attached hydrogen (secondary N) is 1. The normalized spacial score (nSPS) is 17.2. The monoisotopic (exact) mass is 523 g/mol. The van der Waals surface area contributed by atoms with Crippen molar-refractivity contribution in [3.05, 3.63) is 52.3 Å². The van der Waals surface area contributed by atoms with Gasteiger partial charge in [0, 0.05) is 43.3 Å². The third-order valence-corrected chi connectivity index (χ3v) is 7.54. The van der Waals surface area contributed by atoms with Gasteiger partial charge in [-0.05, 0) is 70.4 Å². The maximum atomic E-state index is 12.9. The molecule has 0 unspecified atom stereocenters. The number of rotatable bonds is 9. The van der Waals surface area contributed by atoms with Gasteiger partial charge in [0.2, 0.25) is 0 Å². The number of ether oxygens (including phenoxy) is 2. The van der Waals surface area contributed by atoms with E-state index in [9.17, 15) is 14.4 Å². The minimum Gasteiger partial charge on any atom is -0.462 e. The molecule has 1 aromatic heterocycles. The van der Waals surface area contributed by atoms with Crippen LogP contribution in [-0.4, -0.2) is 53.8 Å². The van der Waals surface area contributed by atoms with Gasteiger partial charge in [-0.1, -0.05) is 31.4 Å². The Morgan fingerprint density at radius 3 is 2.53 bits per heavy atom. The molecule has 1 saturated carbocycles. The molecular weight excluding hydrogens is 482 g/mol. The van der Waals surface area contributed by atoms with Gasteiger partial charge in [-0.25, -0.2) is 4.79 Å². The second-order valence-corrected chi connectivity index (χ2v) is 10.3. The fraction of sp³-hybridized carbons (Fsp3) is 0.600. The Kier molecular flexibility index (Phi) is 10.5. The Hall–Kier alpha value is -3.00. The first-order valence-corrected chi connectivity index (χ1v) is 14.3. The number of aryl methyl sites for hydroxylation is 2. The van der Waals surface area contributed by atoms with Crippen LogP contribution in [0.5, 0.6) is 0 Å². The zero-order valence-electron chi connectivity index (χ0n) is 22.6. The number of aromatic nitrogens is 2. The minimum absolute atomic E-state index is 0.0668. The number of ketones is 1. The summed E-state index contributed by atoms with van der Waals surface area (Å²) in [5, 5.41) is 7.74. The molecule has 2 aromatic rings. The van der Waals surface area contributed by atoms with Gasteiger partial charge >= 0.3 is 5.97 Å². The van der Waals surface area contributed by atoms with Crippen LogP contribution >= 0.6 is 0 Å². The molecule has 1 aliphatic carbocycles. The van der Waals surface area contributed by atoms with Gasteiger partial charge in [0.1, 0.15) is 5.69 Å². The van der Waals surface area contributed by atoms with E-state index in [1.54, 1.807) is 28.9 Å². The van der Waals surface area contributed by atoms with Crippen molar-refractivity contribution in [3.63, 3.8) is 0 Å². The molecule has 0 radical (unpaired) electrons. The second kappa shape index (κ2) is 14.2. The van der Waals surface area contributed by atoms with Crippen molar-refractivity contribution >= 4 is 17.7 Å². The number of amides is 1. The van der Waals surface area contributed by atoms with Crippen molar-refractivity contribution < 1.29 is 23.9 Å². The van der Waals surface area contributed by atoms with E-state index >= 15 is 0 Å². The predicted octanol–water partition coefficient (Wildman–Crippen LogP) is 4.93. The van der Waals surface area contributed by atoms with Crippen molar-refractivity contribution in [1.82, 2.24) is 15.1 Å². The van der Waals surface area contributed by atoms with E-state index in [-0.39, 0.29) is 23.6 Å². The Morgan fingerprint density at radius 2 is 1.76 bits per heavy atom. The molecule has 1 aliphatic heterocycles. The highest BCUT2D eigenvalue weighted by atomic mass is 16.5. The first-order valence-electron chi connectivity index (χ1n) is 14.3. The third-order valence-electron chi connectivity index (χ3n) is 7.54. The van der Waals surface area contributed by atoms with Crippen LogP contribution in [0, 0.1) is 5.92 Å². The molecule has 0 atom stereocenters. The molecule has 4 rings (SSSR count). The number of benzene rings is 1. The van der Waals surface area contributed by atoms with E-state index in [1.165, 1.54) is 6.42 Å². The van der Waals surface area contributed by atoms with Crippen LogP contribution in [0.25, 0.3) is 0 Å². The van der Waals surface area contributed by atoms with Crippen LogP contribution < -0.4 is 5.32 Å². The highest BCUT2D eigenvalue weighted by Gasteiger charge is 2.24. The summed E-state index contributed by atoms with van der Waals surface area (Å²) >= 11 is 0. The van der Waals surface area contributed by atoms with Gasteiger partial charge in [-0.15, -0.1) is 0 Å². The quantitative estimate of drug-likeness (QED) is 0.284. The molecular formula is C30H41N3O5. The fourth-order valence-electron chi connectivity index (χ4n) is 5.42. The van der Waals surface area contributed by atoms with Crippen LogP contribution in [0.4, 0.5) is 0 Å². The smallest absolute Gasteiger partial charge is 0.338 e. The zero-order chi connectivity index (χ0) is 26.7. The lowest BCUT2D eigenvalue weighted by Gasteiger charge is -2.20. The number of esters is 1. The number of fused-ring (bicyclic) bond motifs is 1. The molecule has 206 valence electrons. The van der Waals surface area contributed by atoms with E-state index < -0.39 is 0 Å². The lowest BCUT2D eigenvalue weighted by molar-refractivity contribution is 0.0498. The average molecular weight is 524 g/mol. The number of carbonyl (C=O) groups is 3.